The zero-order valence-corrected chi connectivity index (χ0v) is 20.6. The van der Waals surface area contributed by atoms with E-state index in [4.69, 9.17) is 9.47 Å². The number of benzene rings is 2. The number of amides is 1. The van der Waals surface area contributed by atoms with Crippen LogP contribution in [0.25, 0.3) is 0 Å². The van der Waals surface area contributed by atoms with Gasteiger partial charge in [0.05, 0.1) is 31.5 Å². The maximum absolute atomic E-state index is 14.0. The third-order valence-electron chi connectivity index (χ3n) is 6.80. The molecule has 1 amide bonds. The first-order valence-electron chi connectivity index (χ1n) is 12.0. The molecule has 1 aliphatic rings. The number of carbonyl (C=O) groups is 3. The quantitative estimate of drug-likeness (QED) is 0.443. The van der Waals surface area contributed by atoms with Gasteiger partial charge in [-0.1, -0.05) is 30.3 Å². The van der Waals surface area contributed by atoms with Crippen LogP contribution >= 0.6 is 0 Å². The van der Waals surface area contributed by atoms with Gasteiger partial charge in [0.2, 0.25) is 0 Å². The van der Waals surface area contributed by atoms with Gasteiger partial charge in [-0.15, -0.1) is 0 Å². The summed E-state index contributed by atoms with van der Waals surface area (Å²) < 4.78 is 24.6. The molecule has 2 aromatic carbocycles. The minimum atomic E-state index is -0.737. The maximum Gasteiger partial charge on any atom is 0.362 e. The molecule has 1 aliphatic heterocycles. The molecule has 188 valence electrons. The summed E-state index contributed by atoms with van der Waals surface area (Å²) in [5.74, 6) is -2.03. The lowest BCUT2D eigenvalue weighted by Crippen LogP contribution is -2.61. The summed E-state index contributed by atoms with van der Waals surface area (Å²) in [7, 11) is 1.20. The smallest absolute Gasteiger partial charge is 0.362 e. The van der Waals surface area contributed by atoms with Crippen LogP contribution in [0.15, 0.2) is 42.5 Å². The van der Waals surface area contributed by atoms with E-state index in [2.05, 4.69) is 5.32 Å². The number of rotatable bonds is 8. The van der Waals surface area contributed by atoms with Crippen LogP contribution in [-0.2, 0) is 25.7 Å². The monoisotopic (exact) mass is 485 g/mol. The number of anilines is 1. The highest BCUT2D eigenvalue weighted by Crippen LogP contribution is 2.27. The van der Waals surface area contributed by atoms with E-state index in [9.17, 15) is 18.8 Å². The number of quaternary nitrogens is 1. The fourth-order valence-electron chi connectivity index (χ4n) is 4.70. The molecule has 0 radical (unpaired) electrons. The Morgan fingerprint density at radius 2 is 1.71 bits per heavy atom. The fraction of sp³-hybridized carbons (Fsp3) is 0.444. The van der Waals surface area contributed by atoms with Crippen LogP contribution in [0.3, 0.4) is 0 Å². The molecule has 2 aromatic rings. The molecule has 1 unspecified atom stereocenters. The first-order valence-corrected chi connectivity index (χ1v) is 12.0. The van der Waals surface area contributed by atoms with Gasteiger partial charge in [-0.3, -0.25) is 4.79 Å². The molecule has 3 rings (SSSR count). The average Bonchev–Trinajstić information content (AvgIpc) is 3.10. The molecule has 0 saturated carbocycles. The molecule has 1 atom stereocenters. The zero-order chi connectivity index (χ0) is 25.4. The number of carbonyl (C=O) groups excluding carboxylic acids is 3. The van der Waals surface area contributed by atoms with Crippen molar-refractivity contribution in [2.45, 2.75) is 52.2 Å². The normalized spacial score (nSPS) is 16.0. The van der Waals surface area contributed by atoms with Crippen LogP contribution < -0.4 is 5.32 Å². The second-order valence-electron chi connectivity index (χ2n) is 9.19. The number of likely N-dealkylation sites (tertiary alicyclic amines) is 1. The minimum Gasteiger partial charge on any atom is -0.465 e. The van der Waals surface area contributed by atoms with Crippen molar-refractivity contribution >= 4 is 23.5 Å². The number of hydrogen-bond donors (Lipinski definition) is 1. The van der Waals surface area contributed by atoms with Crippen LogP contribution in [-0.4, -0.2) is 55.1 Å². The Hall–Kier alpha value is -3.26. The number of methoxy groups -OCH3 is 1. The van der Waals surface area contributed by atoms with E-state index in [0.717, 1.165) is 37.3 Å². The van der Waals surface area contributed by atoms with E-state index in [1.54, 1.807) is 13.8 Å². The Morgan fingerprint density at radius 3 is 2.34 bits per heavy atom. The zero-order valence-electron chi connectivity index (χ0n) is 20.6. The minimum absolute atomic E-state index is 0.0461. The number of ether oxygens (including phenoxy) is 2. The van der Waals surface area contributed by atoms with Gasteiger partial charge < -0.3 is 19.3 Å². The molecule has 0 aromatic heterocycles. The molecule has 1 N–H and O–H groups in total. The van der Waals surface area contributed by atoms with Gasteiger partial charge >= 0.3 is 11.9 Å². The van der Waals surface area contributed by atoms with Crippen molar-refractivity contribution in [1.29, 1.82) is 0 Å². The van der Waals surface area contributed by atoms with Crippen molar-refractivity contribution in [1.82, 2.24) is 0 Å². The van der Waals surface area contributed by atoms with E-state index in [1.807, 2.05) is 30.3 Å². The second-order valence-corrected chi connectivity index (χ2v) is 9.19. The van der Waals surface area contributed by atoms with E-state index in [1.165, 1.54) is 13.2 Å². The number of halogens is 1. The van der Waals surface area contributed by atoms with Gasteiger partial charge in [-0.2, -0.15) is 0 Å². The first-order chi connectivity index (χ1) is 16.8. The average molecular weight is 486 g/mol. The summed E-state index contributed by atoms with van der Waals surface area (Å²) in [6.45, 7) is 5.00. The number of nitrogens with zero attached hydrogens (tertiary/aromatic N) is 1. The SMILES string of the molecule is COC(=O)c1cc(F)cc(C)c1NC(=O)C(C)[N+]1(CC(=O)OCc2ccccc2)CCCCCC1. The highest BCUT2D eigenvalue weighted by Gasteiger charge is 2.41. The van der Waals surface area contributed by atoms with Gasteiger partial charge in [0.15, 0.2) is 12.6 Å². The molecule has 0 spiro atoms. The summed E-state index contributed by atoms with van der Waals surface area (Å²) in [6.07, 6.45) is 3.87. The van der Waals surface area contributed by atoms with Crippen LogP contribution in [0.2, 0.25) is 0 Å². The summed E-state index contributed by atoms with van der Waals surface area (Å²) in [5.41, 5.74) is 1.48. The topological polar surface area (TPSA) is 81.7 Å². The van der Waals surface area contributed by atoms with Crippen LogP contribution in [0.5, 0.6) is 0 Å². The van der Waals surface area contributed by atoms with Crippen molar-refractivity contribution < 1.29 is 32.7 Å². The highest BCUT2D eigenvalue weighted by molar-refractivity contribution is 6.03. The lowest BCUT2D eigenvalue weighted by molar-refractivity contribution is -0.933. The van der Waals surface area contributed by atoms with Gasteiger partial charge in [0.25, 0.3) is 5.91 Å². The van der Waals surface area contributed by atoms with Crippen molar-refractivity contribution in [2.75, 3.05) is 32.1 Å². The van der Waals surface area contributed by atoms with Gasteiger partial charge in [0, 0.05) is 0 Å². The Balaban J connectivity index is 1.80. The number of hydrogen-bond acceptors (Lipinski definition) is 5. The fourth-order valence-corrected chi connectivity index (χ4v) is 4.70. The van der Waals surface area contributed by atoms with Gasteiger partial charge in [0.1, 0.15) is 12.4 Å². The molecule has 1 fully saturated rings. The van der Waals surface area contributed by atoms with Crippen molar-refractivity contribution in [3.05, 3.63) is 65.0 Å². The Bertz CT molecular complexity index is 1050. The van der Waals surface area contributed by atoms with E-state index in [-0.39, 0.29) is 40.8 Å². The number of nitrogens with one attached hydrogen (secondary N) is 1. The molecule has 8 heteroatoms. The van der Waals surface area contributed by atoms with Crippen LogP contribution in [0, 0.1) is 12.7 Å². The predicted octanol–water partition coefficient (Wildman–Crippen LogP) is 4.38. The molecule has 35 heavy (non-hydrogen) atoms. The van der Waals surface area contributed by atoms with E-state index < -0.39 is 17.8 Å². The third kappa shape index (κ3) is 6.66. The maximum atomic E-state index is 14.0. The predicted molar refractivity (Wildman–Crippen MR) is 130 cm³/mol. The largest absolute Gasteiger partial charge is 0.465 e. The Labute approximate surface area is 205 Å². The van der Waals surface area contributed by atoms with E-state index >= 15 is 0 Å². The molecule has 0 aliphatic carbocycles. The van der Waals surface area contributed by atoms with Crippen LogP contribution in [0.1, 0.15) is 54.1 Å². The van der Waals surface area contributed by atoms with Crippen molar-refractivity contribution in [2.24, 2.45) is 0 Å². The molecule has 1 heterocycles. The van der Waals surface area contributed by atoms with Crippen LogP contribution in [0.4, 0.5) is 10.1 Å². The Morgan fingerprint density at radius 1 is 1.06 bits per heavy atom. The summed E-state index contributed by atoms with van der Waals surface area (Å²) >= 11 is 0. The summed E-state index contributed by atoms with van der Waals surface area (Å²) in [4.78, 5) is 38.6. The summed E-state index contributed by atoms with van der Waals surface area (Å²) in [6, 6.07) is 11.2. The molecule has 0 bridgehead atoms. The van der Waals surface area contributed by atoms with Gasteiger partial charge in [-0.05, 0) is 62.8 Å². The first kappa shape index (κ1) is 26.3. The molecule has 7 nitrogen and oxygen atoms in total. The number of aryl methyl sites for hydroxylation is 1. The van der Waals surface area contributed by atoms with Crippen molar-refractivity contribution in [3.63, 3.8) is 0 Å². The second kappa shape index (κ2) is 11.9. The lowest BCUT2D eigenvalue weighted by Gasteiger charge is -2.41. The molecular weight excluding hydrogens is 451 g/mol. The third-order valence-corrected chi connectivity index (χ3v) is 6.80. The van der Waals surface area contributed by atoms with Gasteiger partial charge in [-0.25, -0.2) is 14.0 Å². The lowest BCUT2D eigenvalue weighted by atomic mass is 10.1. The van der Waals surface area contributed by atoms with E-state index in [0.29, 0.717) is 18.7 Å². The van der Waals surface area contributed by atoms with Crippen molar-refractivity contribution in [3.8, 4) is 0 Å². The molecule has 1 saturated heterocycles. The molecular formula is C27H34FN2O5+. The summed E-state index contributed by atoms with van der Waals surface area (Å²) in [5, 5.41) is 2.82. The Kier molecular flexibility index (Phi) is 8.98. The number of esters is 2. The highest BCUT2D eigenvalue weighted by atomic mass is 19.1. The standard InChI is InChI=1S/C27H33FN2O5/c1-19-15-22(28)16-23(27(33)34-3)25(19)29-26(32)20(2)30(13-9-4-5-10-14-30)17-24(31)35-18-21-11-7-6-8-12-21/h6-8,11-12,15-16,20H,4-5,9-10,13-14,17-18H2,1-3H3/p+1.